The molecule has 100 valence electrons. The van der Waals surface area contributed by atoms with Gasteiger partial charge in [0.2, 0.25) is 0 Å². The van der Waals surface area contributed by atoms with Crippen LogP contribution in [0.15, 0.2) is 18.3 Å². The molecule has 0 atom stereocenters. The molecule has 0 radical (unpaired) electrons. The molecule has 6 nitrogen and oxygen atoms in total. The van der Waals surface area contributed by atoms with Crippen LogP contribution in [-0.4, -0.2) is 43.0 Å². The summed E-state index contributed by atoms with van der Waals surface area (Å²) in [6.07, 6.45) is 3.55. The van der Waals surface area contributed by atoms with Crippen LogP contribution in [0.25, 0.3) is 0 Å². The number of carbonyl (C=O) groups is 1. The average molecular weight is 251 g/mol. The predicted molar refractivity (Wildman–Crippen MR) is 72.2 cm³/mol. The minimum Gasteiger partial charge on any atom is -0.352 e. The van der Waals surface area contributed by atoms with Gasteiger partial charge in [-0.1, -0.05) is 0 Å². The van der Waals surface area contributed by atoms with E-state index in [1.807, 2.05) is 14.1 Å². The van der Waals surface area contributed by atoms with Gasteiger partial charge >= 0.3 is 0 Å². The predicted octanol–water partition coefficient (Wildman–Crippen LogP) is 0.439. The van der Waals surface area contributed by atoms with E-state index < -0.39 is 0 Å². The highest BCUT2D eigenvalue weighted by Crippen LogP contribution is 2.03. The number of hydrogen-bond donors (Lipinski definition) is 3. The summed E-state index contributed by atoms with van der Waals surface area (Å²) in [5.41, 5.74) is 2.96. The second-order valence-corrected chi connectivity index (χ2v) is 4.34. The van der Waals surface area contributed by atoms with Gasteiger partial charge in [0.1, 0.15) is 5.82 Å². The van der Waals surface area contributed by atoms with Gasteiger partial charge in [0, 0.05) is 12.7 Å². The molecule has 0 saturated carbocycles. The van der Waals surface area contributed by atoms with E-state index in [4.69, 9.17) is 5.84 Å². The molecule has 1 heterocycles. The molecule has 0 fully saturated rings. The van der Waals surface area contributed by atoms with Crippen molar-refractivity contribution in [2.45, 2.75) is 12.8 Å². The van der Waals surface area contributed by atoms with Crippen LogP contribution in [0, 0.1) is 0 Å². The Morgan fingerprint density at radius 3 is 2.72 bits per heavy atom. The van der Waals surface area contributed by atoms with Crippen molar-refractivity contribution in [1.82, 2.24) is 15.2 Å². The molecule has 0 bridgehead atoms. The molecule has 0 spiro atoms. The van der Waals surface area contributed by atoms with Crippen molar-refractivity contribution >= 4 is 11.7 Å². The highest BCUT2D eigenvalue weighted by Gasteiger charge is 2.04. The van der Waals surface area contributed by atoms with Gasteiger partial charge < -0.3 is 15.6 Å². The Labute approximate surface area is 108 Å². The third-order valence-electron chi connectivity index (χ3n) is 2.49. The second kappa shape index (κ2) is 7.62. The first-order valence-corrected chi connectivity index (χ1v) is 5.99. The van der Waals surface area contributed by atoms with Crippen LogP contribution in [0.1, 0.15) is 23.2 Å². The first-order valence-electron chi connectivity index (χ1n) is 5.99. The largest absolute Gasteiger partial charge is 0.352 e. The summed E-state index contributed by atoms with van der Waals surface area (Å²) in [6.45, 7) is 1.72. The Hall–Kier alpha value is -1.66. The number of nitrogens with two attached hydrogens (primary N) is 1. The summed E-state index contributed by atoms with van der Waals surface area (Å²) in [7, 11) is 4.08. The number of nitrogen functional groups attached to an aromatic ring is 1. The van der Waals surface area contributed by atoms with Crippen LogP contribution < -0.4 is 16.6 Å². The maximum Gasteiger partial charge on any atom is 0.252 e. The molecule has 0 saturated heterocycles. The maximum absolute atomic E-state index is 11.7. The lowest BCUT2D eigenvalue weighted by atomic mass is 10.2. The number of aromatic nitrogens is 1. The minimum atomic E-state index is -0.101. The molecule has 1 aromatic heterocycles. The molecule has 1 rings (SSSR count). The Morgan fingerprint density at radius 1 is 1.39 bits per heavy atom. The number of hydrazine groups is 1. The number of nitrogens with one attached hydrogen (secondary N) is 2. The highest BCUT2D eigenvalue weighted by atomic mass is 16.1. The van der Waals surface area contributed by atoms with Gasteiger partial charge in [-0.2, -0.15) is 0 Å². The van der Waals surface area contributed by atoms with Crippen molar-refractivity contribution in [3.63, 3.8) is 0 Å². The average Bonchev–Trinajstić information content (AvgIpc) is 2.38. The van der Waals surface area contributed by atoms with Crippen LogP contribution in [0.2, 0.25) is 0 Å². The molecule has 0 aliphatic carbocycles. The fraction of sp³-hybridized carbons (Fsp3) is 0.500. The molecule has 1 aromatic rings. The number of amides is 1. The lowest BCUT2D eigenvalue weighted by Crippen LogP contribution is -2.25. The van der Waals surface area contributed by atoms with Gasteiger partial charge in [-0.25, -0.2) is 10.8 Å². The first kappa shape index (κ1) is 14.4. The van der Waals surface area contributed by atoms with Gasteiger partial charge in [0.25, 0.3) is 5.91 Å². The van der Waals surface area contributed by atoms with Gasteiger partial charge in [0.15, 0.2) is 0 Å². The van der Waals surface area contributed by atoms with E-state index in [1.165, 1.54) is 6.20 Å². The van der Waals surface area contributed by atoms with Crippen molar-refractivity contribution in [2.24, 2.45) is 5.84 Å². The Bertz CT molecular complexity index is 363. The number of pyridine rings is 1. The summed E-state index contributed by atoms with van der Waals surface area (Å²) in [5.74, 6) is 5.64. The van der Waals surface area contributed by atoms with Crippen molar-refractivity contribution < 1.29 is 4.79 Å². The Morgan fingerprint density at radius 2 is 2.17 bits per heavy atom. The normalized spacial score (nSPS) is 10.4. The topological polar surface area (TPSA) is 83.3 Å². The van der Waals surface area contributed by atoms with Gasteiger partial charge in [-0.05, 0) is 45.6 Å². The maximum atomic E-state index is 11.7. The molecule has 1 amide bonds. The highest BCUT2D eigenvalue weighted by molar-refractivity contribution is 5.93. The quantitative estimate of drug-likeness (QED) is 0.372. The molecule has 0 aliphatic rings. The van der Waals surface area contributed by atoms with Gasteiger partial charge in [0.05, 0.1) is 5.56 Å². The zero-order valence-corrected chi connectivity index (χ0v) is 10.9. The summed E-state index contributed by atoms with van der Waals surface area (Å²) in [6, 6.07) is 3.36. The number of nitrogens with zero attached hydrogens (tertiary/aromatic N) is 2. The zero-order valence-electron chi connectivity index (χ0n) is 10.9. The second-order valence-electron chi connectivity index (χ2n) is 4.34. The third kappa shape index (κ3) is 5.11. The monoisotopic (exact) mass is 251 g/mol. The lowest BCUT2D eigenvalue weighted by Gasteiger charge is -2.09. The Kier molecular flexibility index (Phi) is 6.10. The zero-order chi connectivity index (χ0) is 13.4. The summed E-state index contributed by atoms with van der Waals surface area (Å²) in [4.78, 5) is 17.8. The molecule has 0 unspecified atom stereocenters. The van der Waals surface area contributed by atoms with Gasteiger partial charge in [-0.3, -0.25) is 4.79 Å². The van der Waals surface area contributed by atoms with Crippen LogP contribution in [0.3, 0.4) is 0 Å². The van der Waals surface area contributed by atoms with Crippen molar-refractivity contribution in [3.05, 3.63) is 23.9 Å². The first-order chi connectivity index (χ1) is 8.63. The van der Waals surface area contributed by atoms with Gasteiger partial charge in [-0.15, -0.1) is 0 Å². The van der Waals surface area contributed by atoms with Crippen molar-refractivity contribution in [3.8, 4) is 0 Å². The van der Waals surface area contributed by atoms with E-state index in [9.17, 15) is 4.79 Å². The Balaban J connectivity index is 2.27. The van der Waals surface area contributed by atoms with E-state index in [0.29, 0.717) is 17.9 Å². The molecule has 0 aliphatic heterocycles. The summed E-state index contributed by atoms with van der Waals surface area (Å²) < 4.78 is 0. The fourth-order valence-corrected chi connectivity index (χ4v) is 1.47. The molecular formula is C12H21N5O. The lowest BCUT2D eigenvalue weighted by molar-refractivity contribution is 0.0952. The smallest absolute Gasteiger partial charge is 0.252 e. The van der Waals surface area contributed by atoms with Crippen LogP contribution >= 0.6 is 0 Å². The SMILES string of the molecule is CN(C)CCCCNC(=O)c1ccc(NN)nc1. The van der Waals surface area contributed by atoms with E-state index >= 15 is 0 Å². The van der Waals surface area contributed by atoms with E-state index in [-0.39, 0.29) is 5.91 Å². The van der Waals surface area contributed by atoms with Crippen LogP contribution in [-0.2, 0) is 0 Å². The van der Waals surface area contributed by atoms with E-state index in [1.54, 1.807) is 12.1 Å². The molecule has 18 heavy (non-hydrogen) atoms. The molecule has 4 N–H and O–H groups in total. The standard InChI is InChI=1S/C12H21N5O/c1-17(2)8-4-3-7-14-12(18)10-5-6-11(16-13)15-9-10/h5-6,9H,3-4,7-8,13H2,1-2H3,(H,14,18)(H,15,16). The molecular weight excluding hydrogens is 230 g/mol. The van der Waals surface area contributed by atoms with Crippen molar-refractivity contribution in [1.29, 1.82) is 0 Å². The van der Waals surface area contributed by atoms with Crippen LogP contribution in [0.5, 0.6) is 0 Å². The molecule has 0 aromatic carbocycles. The van der Waals surface area contributed by atoms with Crippen molar-refractivity contribution in [2.75, 3.05) is 32.6 Å². The van der Waals surface area contributed by atoms with Crippen LogP contribution in [0.4, 0.5) is 5.82 Å². The van der Waals surface area contributed by atoms with E-state index in [0.717, 1.165) is 19.4 Å². The fourth-order valence-electron chi connectivity index (χ4n) is 1.47. The van der Waals surface area contributed by atoms with E-state index in [2.05, 4.69) is 20.6 Å². The number of carbonyl (C=O) groups excluding carboxylic acids is 1. The number of hydrogen-bond acceptors (Lipinski definition) is 5. The number of rotatable bonds is 7. The number of anilines is 1. The summed E-state index contributed by atoms with van der Waals surface area (Å²) in [5, 5.41) is 2.86. The third-order valence-corrected chi connectivity index (χ3v) is 2.49. The summed E-state index contributed by atoms with van der Waals surface area (Å²) >= 11 is 0. The number of unbranched alkanes of at least 4 members (excludes halogenated alkanes) is 1. The molecule has 6 heteroatoms. The minimum absolute atomic E-state index is 0.101.